The van der Waals surface area contributed by atoms with Crippen LogP contribution in [-0.4, -0.2) is 24.5 Å². The highest BCUT2D eigenvalue weighted by molar-refractivity contribution is 5.80. The number of hydrogen-bond acceptors (Lipinski definition) is 2. The van der Waals surface area contributed by atoms with Crippen LogP contribution < -0.4 is 4.74 Å². The third-order valence-electron chi connectivity index (χ3n) is 5.25. The van der Waals surface area contributed by atoms with Gasteiger partial charge in [0.05, 0.1) is 13.2 Å². The van der Waals surface area contributed by atoms with Crippen molar-refractivity contribution in [1.82, 2.24) is 4.90 Å². The maximum Gasteiger partial charge on any atom is 0.226 e. The van der Waals surface area contributed by atoms with E-state index in [9.17, 15) is 4.79 Å². The number of fused-ring (bicyclic) bond motifs is 1. The molecule has 1 aromatic rings. The lowest BCUT2D eigenvalue weighted by molar-refractivity contribution is -0.139. The predicted molar refractivity (Wildman–Crippen MR) is 87.9 cm³/mol. The molecule has 1 atom stereocenters. The quantitative estimate of drug-likeness (QED) is 0.845. The largest absolute Gasteiger partial charge is 0.497 e. The Morgan fingerprint density at radius 1 is 1.27 bits per heavy atom. The van der Waals surface area contributed by atoms with Gasteiger partial charge in [-0.1, -0.05) is 32.8 Å². The van der Waals surface area contributed by atoms with Crippen LogP contribution in [0.3, 0.4) is 0 Å². The highest BCUT2D eigenvalue weighted by atomic mass is 16.5. The van der Waals surface area contributed by atoms with Gasteiger partial charge in [0.1, 0.15) is 5.75 Å². The fourth-order valence-electron chi connectivity index (χ4n) is 4.14. The molecule has 1 saturated carbocycles. The number of carbonyl (C=O) groups excluding carboxylic acids is 1. The van der Waals surface area contributed by atoms with Crippen LogP contribution >= 0.6 is 0 Å². The molecule has 1 fully saturated rings. The van der Waals surface area contributed by atoms with Crippen LogP contribution in [0.25, 0.3) is 0 Å². The zero-order chi connectivity index (χ0) is 15.7. The lowest BCUT2D eigenvalue weighted by Crippen LogP contribution is -2.44. The summed E-state index contributed by atoms with van der Waals surface area (Å²) in [6.45, 7) is 5.29. The van der Waals surface area contributed by atoms with Crippen molar-refractivity contribution in [1.29, 1.82) is 0 Å². The molecular formula is C19H27NO2. The van der Waals surface area contributed by atoms with Gasteiger partial charge in [-0.3, -0.25) is 4.79 Å². The van der Waals surface area contributed by atoms with E-state index >= 15 is 0 Å². The van der Waals surface area contributed by atoms with Crippen LogP contribution in [0, 0.1) is 11.8 Å². The molecule has 3 heteroatoms. The van der Waals surface area contributed by atoms with E-state index in [0.717, 1.165) is 31.6 Å². The SMILES string of the molecule is COc1ccc2c(c1)CCN(C(=O)C1CCCC1)C2C(C)C. The number of nitrogens with zero attached hydrogens (tertiary/aromatic N) is 1. The third-order valence-corrected chi connectivity index (χ3v) is 5.25. The van der Waals surface area contributed by atoms with Gasteiger partial charge >= 0.3 is 0 Å². The minimum absolute atomic E-state index is 0.211. The van der Waals surface area contributed by atoms with Crippen molar-refractivity contribution in [2.24, 2.45) is 11.8 Å². The average Bonchev–Trinajstić information content (AvgIpc) is 3.06. The first-order chi connectivity index (χ1) is 10.6. The van der Waals surface area contributed by atoms with Gasteiger partial charge in [0, 0.05) is 12.5 Å². The lowest BCUT2D eigenvalue weighted by Gasteiger charge is -2.41. The molecule has 1 amide bonds. The number of rotatable bonds is 3. The van der Waals surface area contributed by atoms with Gasteiger partial charge in [-0.15, -0.1) is 0 Å². The van der Waals surface area contributed by atoms with E-state index in [1.54, 1.807) is 7.11 Å². The molecule has 22 heavy (non-hydrogen) atoms. The summed E-state index contributed by atoms with van der Waals surface area (Å²) in [5.74, 6) is 1.99. The first kappa shape index (κ1) is 15.4. The van der Waals surface area contributed by atoms with Crippen molar-refractivity contribution >= 4 is 5.91 Å². The first-order valence-electron chi connectivity index (χ1n) is 8.59. The summed E-state index contributed by atoms with van der Waals surface area (Å²) < 4.78 is 5.35. The Hall–Kier alpha value is -1.51. The number of benzene rings is 1. The Morgan fingerprint density at radius 2 is 2.00 bits per heavy atom. The van der Waals surface area contributed by atoms with Crippen molar-refractivity contribution in [3.63, 3.8) is 0 Å². The Morgan fingerprint density at radius 3 is 2.64 bits per heavy atom. The van der Waals surface area contributed by atoms with Crippen LogP contribution in [-0.2, 0) is 11.2 Å². The molecule has 1 heterocycles. The van der Waals surface area contributed by atoms with Crippen LogP contribution in [0.2, 0.25) is 0 Å². The molecule has 0 saturated heterocycles. The Labute approximate surface area is 133 Å². The third kappa shape index (κ3) is 2.73. The van der Waals surface area contributed by atoms with Crippen molar-refractivity contribution in [3.8, 4) is 5.75 Å². The molecule has 1 unspecified atom stereocenters. The topological polar surface area (TPSA) is 29.5 Å². The number of ether oxygens (including phenoxy) is 1. The van der Waals surface area contributed by atoms with Gasteiger partial charge in [-0.2, -0.15) is 0 Å². The van der Waals surface area contributed by atoms with Crippen LogP contribution in [0.4, 0.5) is 0 Å². The molecule has 2 aliphatic rings. The van der Waals surface area contributed by atoms with E-state index in [1.165, 1.54) is 24.0 Å². The summed E-state index contributed by atoms with van der Waals surface area (Å²) in [5, 5.41) is 0. The molecule has 1 aliphatic carbocycles. The van der Waals surface area contributed by atoms with E-state index in [2.05, 4.69) is 30.9 Å². The summed E-state index contributed by atoms with van der Waals surface area (Å²) in [5.41, 5.74) is 2.65. The molecule has 0 radical (unpaired) electrons. The smallest absolute Gasteiger partial charge is 0.226 e. The summed E-state index contributed by atoms with van der Waals surface area (Å²) in [6, 6.07) is 6.54. The van der Waals surface area contributed by atoms with E-state index < -0.39 is 0 Å². The van der Waals surface area contributed by atoms with Crippen LogP contribution in [0.1, 0.15) is 56.7 Å². The van der Waals surface area contributed by atoms with Crippen molar-refractivity contribution in [3.05, 3.63) is 29.3 Å². The molecule has 0 aromatic heterocycles. The van der Waals surface area contributed by atoms with Crippen LogP contribution in [0.5, 0.6) is 5.75 Å². The van der Waals surface area contributed by atoms with E-state index in [-0.39, 0.29) is 12.0 Å². The second-order valence-corrected chi connectivity index (χ2v) is 7.02. The molecule has 1 aliphatic heterocycles. The minimum Gasteiger partial charge on any atom is -0.497 e. The van der Waals surface area contributed by atoms with Gasteiger partial charge in [0.15, 0.2) is 0 Å². The van der Waals surface area contributed by atoms with Crippen molar-refractivity contribution in [2.45, 2.75) is 52.0 Å². The van der Waals surface area contributed by atoms with Gasteiger partial charge < -0.3 is 9.64 Å². The summed E-state index contributed by atoms with van der Waals surface area (Å²) >= 11 is 0. The summed E-state index contributed by atoms with van der Waals surface area (Å²) in [6.07, 6.45) is 5.52. The maximum atomic E-state index is 12.9. The first-order valence-corrected chi connectivity index (χ1v) is 8.59. The minimum atomic E-state index is 0.211. The standard InChI is InChI=1S/C19H27NO2/c1-13(2)18-17-9-8-16(22-3)12-15(17)10-11-20(18)19(21)14-6-4-5-7-14/h8-9,12-14,18H,4-7,10-11H2,1-3H3. The molecule has 1 aromatic carbocycles. The summed E-state index contributed by atoms with van der Waals surface area (Å²) in [7, 11) is 1.71. The molecule has 0 N–H and O–H groups in total. The van der Waals surface area contributed by atoms with Crippen molar-refractivity contribution < 1.29 is 9.53 Å². The summed E-state index contributed by atoms with van der Waals surface area (Å²) in [4.78, 5) is 15.1. The Kier molecular flexibility index (Phi) is 4.42. The number of amides is 1. The number of hydrogen-bond donors (Lipinski definition) is 0. The van der Waals surface area contributed by atoms with Crippen LogP contribution in [0.15, 0.2) is 18.2 Å². The maximum absolute atomic E-state index is 12.9. The van der Waals surface area contributed by atoms with E-state index in [4.69, 9.17) is 4.74 Å². The van der Waals surface area contributed by atoms with Gasteiger partial charge in [-0.05, 0) is 48.4 Å². The molecule has 0 bridgehead atoms. The Balaban J connectivity index is 1.90. The molecule has 120 valence electrons. The fourth-order valence-corrected chi connectivity index (χ4v) is 4.14. The molecule has 3 nitrogen and oxygen atoms in total. The van der Waals surface area contributed by atoms with Gasteiger partial charge in [0.2, 0.25) is 5.91 Å². The zero-order valence-electron chi connectivity index (χ0n) is 14.0. The fraction of sp³-hybridized carbons (Fsp3) is 0.632. The predicted octanol–water partition coefficient (Wildman–Crippen LogP) is 3.97. The van der Waals surface area contributed by atoms with Crippen molar-refractivity contribution in [2.75, 3.05) is 13.7 Å². The normalized spacial score (nSPS) is 22.0. The second kappa shape index (κ2) is 6.31. The van der Waals surface area contributed by atoms with E-state index in [1.807, 2.05) is 6.07 Å². The highest BCUT2D eigenvalue weighted by Crippen LogP contribution is 2.39. The molecule has 0 spiro atoms. The molecular weight excluding hydrogens is 274 g/mol. The lowest BCUT2D eigenvalue weighted by atomic mass is 9.85. The van der Waals surface area contributed by atoms with Gasteiger partial charge in [0.25, 0.3) is 0 Å². The average molecular weight is 301 g/mol. The van der Waals surface area contributed by atoms with E-state index in [0.29, 0.717) is 11.8 Å². The Bertz CT molecular complexity index is 546. The number of carbonyl (C=O) groups is 1. The van der Waals surface area contributed by atoms with Gasteiger partial charge in [-0.25, -0.2) is 0 Å². The molecule has 3 rings (SSSR count). The second-order valence-electron chi connectivity index (χ2n) is 7.02. The monoisotopic (exact) mass is 301 g/mol. The highest BCUT2D eigenvalue weighted by Gasteiger charge is 2.36. The number of methoxy groups -OCH3 is 1. The zero-order valence-corrected chi connectivity index (χ0v) is 14.0.